The monoisotopic (exact) mass is 276 g/mol. The van der Waals surface area contributed by atoms with Gasteiger partial charge in [0, 0.05) is 13.1 Å². The van der Waals surface area contributed by atoms with E-state index in [1.807, 2.05) is 24.3 Å². The molecule has 1 heterocycles. The standard InChI is InChI=1S/C13H12N2O3S/c1-14-11(16)8-18-13(17)7-6-12-15-9-4-2-3-5-10(9)19-12/h2-7H,8H2,1H3,(H,14,16)/b7-6+. The largest absolute Gasteiger partial charge is 0.452 e. The number of benzene rings is 1. The van der Waals surface area contributed by atoms with Crippen molar-refractivity contribution in [1.29, 1.82) is 0 Å². The van der Waals surface area contributed by atoms with Crippen LogP contribution in [0.1, 0.15) is 5.01 Å². The first-order valence-electron chi connectivity index (χ1n) is 5.60. The van der Waals surface area contributed by atoms with E-state index in [2.05, 4.69) is 10.3 Å². The van der Waals surface area contributed by atoms with Gasteiger partial charge < -0.3 is 10.1 Å². The molecule has 1 aromatic heterocycles. The van der Waals surface area contributed by atoms with Crippen LogP contribution in [0.3, 0.4) is 0 Å². The van der Waals surface area contributed by atoms with Crippen molar-refractivity contribution in [3.8, 4) is 0 Å². The fraction of sp³-hybridized carbons (Fsp3) is 0.154. The number of carbonyl (C=O) groups excluding carboxylic acids is 2. The van der Waals surface area contributed by atoms with Gasteiger partial charge in [-0.25, -0.2) is 9.78 Å². The number of amides is 1. The van der Waals surface area contributed by atoms with Gasteiger partial charge in [-0.15, -0.1) is 11.3 Å². The second kappa shape index (κ2) is 6.10. The number of aromatic nitrogens is 1. The molecule has 1 amide bonds. The number of carbonyl (C=O) groups is 2. The minimum absolute atomic E-state index is 0.278. The van der Waals surface area contributed by atoms with Gasteiger partial charge in [-0.05, 0) is 18.2 Å². The number of nitrogens with one attached hydrogen (secondary N) is 1. The third-order valence-electron chi connectivity index (χ3n) is 2.30. The van der Waals surface area contributed by atoms with Gasteiger partial charge >= 0.3 is 5.97 Å². The Labute approximate surface area is 113 Å². The summed E-state index contributed by atoms with van der Waals surface area (Å²) in [6.07, 6.45) is 2.84. The normalized spacial score (nSPS) is 10.8. The van der Waals surface area contributed by atoms with Crippen molar-refractivity contribution in [1.82, 2.24) is 10.3 Å². The molecule has 19 heavy (non-hydrogen) atoms. The Balaban J connectivity index is 1.98. The first-order valence-corrected chi connectivity index (χ1v) is 6.41. The molecule has 6 heteroatoms. The molecule has 1 N–H and O–H groups in total. The molecule has 2 rings (SSSR count). The van der Waals surface area contributed by atoms with Crippen molar-refractivity contribution in [2.75, 3.05) is 13.7 Å². The van der Waals surface area contributed by atoms with E-state index in [0.717, 1.165) is 15.2 Å². The molecule has 0 aliphatic heterocycles. The predicted octanol–water partition coefficient (Wildman–Crippen LogP) is 1.60. The smallest absolute Gasteiger partial charge is 0.331 e. The molecule has 0 fully saturated rings. The lowest BCUT2D eigenvalue weighted by Gasteiger charge is -1.99. The fourth-order valence-electron chi connectivity index (χ4n) is 1.36. The first-order chi connectivity index (χ1) is 9.19. The van der Waals surface area contributed by atoms with Crippen molar-refractivity contribution in [2.24, 2.45) is 0 Å². The fourth-order valence-corrected chi connectivity index (χ4v) is 2.23. The maximum atomic E-state index is 11.3. The molecule has 2 aromatic rings. The van der Waals surface area contributed by atoms with Crippen molar-refractivity contribution in [3.63, 3.8) is 0 Å². The Hall–Kier alpha value is -2.21. The quantitative estimate of drug-likeness (QED) is 0.680. The molecule has 5 nitrogen and oxygen atoms in total. The highest BCUT2D eigenvalue weighted by Gasteiger charge is 2.03. The number of nitrogens with zero attached hydrogens (tertiary/aromatic N) is 1. The summed E-state index contributed by atoms with van der Waals surface area (Å²) in [5.41, 5.74) is 0.894. The molecule has 0 bridgehead atoms. The highest BCUT2D eigenvalue weighted by atomic mass is 32.1. The minimum Gasteiger partial charge on any atom is -0.452 e. The van der Waals surface area contributed by atoms with Crippen LogP contribution >= 0.6 is 11.3 Å². The van der Waals surface area contributed by atoms with Crippen molar-refractivity contribution in [2.45, 2.75) is 0 Å². The topological polar surface area (TPSA) is 68.3 Å². The first kappa shape index (κ1) is 13.2. The molecular formula is C13H12N2O3S. The zero-order chi connectivity index (χ0) is 13.7. The maximum Gasteiger partial charge on any atom is 0.331 e. The Kier molecular flexibility index (Phi) is 4.25. The summed E-state index contributed by atoms with van der Waals surface area (Å²) >= 11 is 1.48. The van der Waals surface area contributed by atoms with Crippen LogP contribution in [0, 0.1) is 0 Å². The summed E-state index contributed by atoms with van der Waals surface area (Å²) < 4.78 is 5.79. The lowest BCUT2D eigenvalue weighted by atomic mass is 10.3. The number of likely N-dealkylation sites (N-methyl/N-ethyl adjacent to an activating group) is 1. The number of ether oxygens (including phenoxy) is 1. The zero-order valence-electron chi connectivity index (χ0n) is 10.3. The zero-order valence-corrected chi connectivity index (χ0v) is 11.1. The maximum absolute atomic E-state index is 11.3. The summed E-state index contributed by atoms with van der Waals surface area (Å²) in [6.45, 7) is -0.278. The van der Waals surface area contributed by atoms with Crippen LogP contribution in [0.4, 0.5) is 0 Å². The Morgan fingerprint density at radius 3 is 2.95 bits per heavy atom. The third kappa shape index (κ3) is 3.62. The van der Waals surface area contributed by atoms with Crippen molar-refractivity contribution < 1.29 is 14.3 Å². The number of thiazole rings is 1. The third-order valence-corrected chi connectivity index (χ3v) is 3.30. The van der Waals surface area contributed by atoms with Crippen LogP contribution in [0.2, 0.25) is 0 Å². The molecule has 98 valence electrons. The van der Waals surface area contributed by atoms with Crippen LogP contribution in [-0.2, 0) is 14.3 Å². The van der Waals surface area contributed by atoms with Crippen molar-refractivity contribution in [3.05, 3.63) is 35.3 Å². The molecule has 0 atom stereocenters. The highest BCUT2D eigenvalue weighted by Crippen LogP contribution is 2.22. The SMILES string of the molecule is CNC(=O)COC(=O)/C=C/c1nc2ccccc2s1. The van der Waals surface area contributed by atoms with E-state index in [-0.39, 0.29) is 12.5 Å². The van der Waals surface area contributed by atoms with Crippen LogP contribution in [0.25, 0.3) is 16.3 Å². The lowest BCUT2D eigenvalue weighted by molar-refractivity contribution is -0.143. The molecule has 0 saturated carbocycles. The average molecular weight is 276 g/mol. The molecule has 1 aromatic carbocycles. The van der Waals surface area contributed by atoms with Crippen LogP contribution in [0.15, 0.2) is 30.3 Å². The number of hydrogen-bond acceptors (Lipinski definition) is 5. The Morgan fingerprint density at radius 1 is 1.42 bits per heavy atom. The van der Waals surface area contributed by atoms with Gasteiger partial charge in [0.15, 0.2) is 6.61 Å². The summed E-state index contributed by atoms with van der Waals surface area (Å²) in [4.78, 5) is 26.6. The van der Waals surface area contributed by atoms with Gasteiger partial charge in [0.05, 0.1) is 10.2 Å². The molecule has 0 unspecified atom stereocenters. The number of rotatable bonds is 4. The van der Waals surface area contributed by atoms with E-state index >= 15 is 0 Å². The number of para-hydroxylation sites is 1. The lowest BCUT2D eigenvalue weighted by Crippen LogP contribution is -2.24. The van der Waals surface area contributed by atoms with E-state index < -0.39 is 5.97 Å². The molecule has 0 aliphatic carbocycles. The molecule has 0 spiro atoms. The van der Waals surface area contributed by atoms with Gasteiger partial charge in [-0.3, -0.25) is 4.79 Å². The molecular weight excluding hydrogens is 264 g/mol. The Morgan fingerprint density at radius 2 is 2.21 bits per heavy atom. The summed E-state index contributed by atoms with van der Waals surface area (Å²) in [6, 6.07) is 7.72. The van der Waals surface area contributed by atoms with E-state index in [0.29, 0.717) is 0 Å². The predicted molar refractivity (Wildman–Crippen MR) is 73.7 cm³/mol. The summed E-state index contributed by atoms with van der Waals surface area (Å²) in [7, 11) is 1.48. The summed E-state index contributed by atoms with van der Waals surface area (Å²) in [5.74, 6) is -0.912. The highest BCUT2D eigenvalue weighted by molar-refractivity contribution is 7.19. The van der Waals surface area contributed by atoms with E-state index in [1.165, 1.54) is 24.5 Å². The Bertz CT molecular complexity index is 601. The molecule has 0 saturated heterocycles. The number of esters is 1. The van der Waals surface area contributed by atoms with Crippen LogP contribution < -0.4 is 5.32 Å². The number of hydrogen-bond donors (Lipinski definition) is 1. The van der Waals surface area contributed by atoms with Crippen LogP contribution in [0.5, 0.6) is 0 Å². The van der Waals surface area contributed by atoms with Crippen molar-refractivity contribution >= 4 is 39.5 Å². The van der Waals surface area contributed by atoms with Gasteiger partial charge in [-0.1, -0.05) is 12.1 Å². The van der Waals surface area contributed by atoms with E-state index in [1.54, 1.807) is 6.08 Å². The van der Waals surface area contributed by atoms with Gasteiger partial charge in [0.2, 0.25) is 0 Å². The van der Waals surface area contributed by atoms with Gasteiger partial charge in [-0.2, -0.15) is 0 Å². The van der Waals surface area contributed by atoms with E-state index in [9.17, 15) is 9.59 Å². The van der Waals surface area contributed by atoms with Gasteiger partial charge in [0.1, 0.15) is 5.01 Å². The summed E-state index contributed by atoms with van der Waals surface area (Å²) in [5, 5.41) is 3.08. The van der Waals surface area contributed by atoms with Gasteiger partial charge in [0.25, 0.3) is 5.91 Å². The second-order valence-corrected chi connectivity index (χ2v) is 4.70. The molecule has 0 radical (unpaired) electrons. The average Bonchev–Trinajstić information content (AvgIpc) is 2.85. The van der Waals surface area contributed by atoms with Crippen LogP contribution in [-0.4, -0.2) is 30.5 Å². The second-order valence-electron chi connectivity index (χ2n) is 3.63. The minimum atomic E-state index is -0.567. The number of fused-ring (bicyclic) bond motifs is 1. The van der Waals surface area contributed by atoms with E-state index in [4.69, 9.17) is 4.74 Å². The molecule has 0 aliphatic rings.